The highest BCUT2D eigenvalue weighted by molar-refractivity contribution is 5.81. The Morgan fingerprint density at radius 2 is 1.77 bits per heavy atom. The predicted octanol–water partition coefficient (Wildman–Crippen LogP) is 1.91. The second kappa shape index (κ2) is 7.95. The Bertz CT molecular complexity index is 389. The first-order valence-electron chi connectivity index (χ1n) is 8.63. The molecule has 2 fully saturated rings. The minimum Gasteiger partial charge on any atom is -0.378 e. The van der Waals surface area contributed by atoms with Crippen LogP contribution in [0.5, 0.6) is 0 Å². The Kier molecular flexibility index (Phi) is 6.24. The monoisotopic (exact) mass is 310 g/mol. The number of nitrogens with zero attached hydrogens (tertiary/aromatic N) is 2. The van der Waals surface area contributed by atoms with Gasteiger partial charge in [0.25, 0.3) is 0 Å². The molecule has 2 amide bonds. The minimum absolute atomic E-state index is 0.00853. The zero-order chi connectivity index (χ0) is 16.1. The van der Waals surface area contributed by atoms with Crippen molar-refractivity contribution < 1.29 is 14.3 Å². The second-order valence-corrected chi connectivity index (χ2v) is 7.06. The third kappa shape index (κ3) is 4.70. The van der Waals surface area contributed by atoms with Crippen molar-refractivity contribution in [2.45, 2.75) is 52.6 Å². The highest BCUT2D eigenvalue weighted by atomic mass is 16.5. The summed E-state index contributed by atoms with van der Waals surface area (Å²) in [6.45, 7) is 9.67. The lowest BCUT2D eigenvalue weighted by molar-refractivity contribution is -0.142. The summed E-state index contributed by atoms with van der Waals surface area (Å²) in [7, 11) is 0. The lowest BCUT2D eigenvalue weighted by Crippen LogP contribution is -2.49. The van der Waals surface area contributed by atoms with E-state index < -0.39 is 0 Å². The molecule has 126 valence electrons. The largest absolute Gasteiger partial charge is 0.378 e. The van der Waals surface area contributed by atoms with Crippen LogP contribution in [0.3, 0.4) is 0 Å². The van der Waals surface area contributed by atoms with Crippen molar-refractivity contribution in [1.29, 1.82) is 0 Å². The van der Waals surface area contributed by atoms with Crippen LogP contribution in [0.1, 0.15) is 46.5 Å². The average Bonchev–Trinajstić information content (AvgIpc) is 2.53. The van der Waals surface area contributed by atoms with Crippen LogP contribution in [-0.2, 0) is 14.3 Å². The van der Waals surface area contributed by atoms with Gasteiger partial charge in [0.15, 0.2) is 0 Å². The third-order valence-corrected chi connectivity index (χ3v) is 4.63. The van der Waals surface area contributed by atoms with E-state index in [0.717, 1.165) is 51.9 Å². The van der Waals surface area contributed by atoms with Gasteiger partial charge in [0.05, 0.1) is 12.0 Å². The third-order valence-electron chi connectivity index (χ3n) is 4.63. The molecular formula is C17H30N2O3. The predicted molar refractivity (Wildman–Crippen MR) is 85.4 cm³/mol. The fraction of sp³-hybridized carbons (Fsp3) is 0.882. The second-order valence-electron chi connectivity index (χ2n) is 7.06. The molecule has 2 heterocycles. The number of hydrogen-bond donors (Lipinski definition) is 0. The van der Waals surface area contributed by atoms with Gasteiger partial charge in [0, 0.05) is 39.7 Å². The van der Waals surface area contributed by atoms with Gasteiger partial charge in [-0.05, 0) is 31.6 Å². The van der Waals surface area contributed by atoms with Crippen molar-refractivity contribution >= 4 is 11.8 Å². The lowest BCUT2D eigenvalue weighted by Gasteiger charge is -2.37. The molecule has 0 aromatic heterocycles. The average molecular weight is 310 g/mol. The van der Waals surface area contributed by atoms with Gasteiger partial charge in [-0.3, -0.25) is 9.59 Å². The number of hydrogen-bond acceptors (Lipinski definition) is 3. The van der Waals surface area contributed by atoms with Crippen molar-refractivity contribution in [3.63, 3.8) is 0 Å². The van der Waals surface area contributed by atoms with Crippen LogP contribution < -0.4 is 0 Å². The van der Waals surface area contributed by atoms with Crippen LogP contribution in [0.2, 0.25) is 0 Å². The van der Waals surface area contributed by atoms with Gasteiger partial charge >= 0.3 is 0 Å². The molecule has 0 bridgehead atoms. The maximum Gasteiger partial charge on any atom is 0.227 e. The molecule has 2 rings (SSSR count). The van der Waals surface area contributed by atoms with E-state index in [1.54, 1.807) is 6.92 Å². The quantitative estimate of drug-likeness (QED) is 0.797. The van der Waals surface area contributed by atoms with E-state index in [4.69, 9.17) is 4.74 Å². The standard InChI is InChI=1S/C17H30N2O3/c1-13(2)12-22-16-6-9-18(10-7-16)17(21)15-5-4-8-19(11-15)14(3)20/h13,15-16H,4-12H2,1-3H3. The Labute approximate surface area is 134 Å². The van der Waals surface area contributed by atoms with E-state index in [1.807, 2.05) is 9.80 Å². The summed E-state index contributed by atoms with van der Waals surface area (Å²) < 4.78 is 5.88. The van der Waals surface area contributed by atoms with Crippen LogP contribution in [0.15, 0.2) is 0 Å². The van der Waals surface area contributed by atoms with Crippen LogP contribution in [0, 0.1) is 11.8 Å². The summed E-state index contributed by atoms with van der Waals surface area (Å²) in [6, 6.07) is 0. The molecule has 0 aromatic rings. The molecule has 0 spiro atoms. The van der Waals surface area contributed by atoms with Gasteiger partial charge < -0.3 is 14.5 Å². The molecule has 2 saturated heterocycles. The van der Waals surface area contributed by atoms with Gasteiger partial charge in [-0.25, -0.2) is 0 Å². The summed E-state index contributed by atoms with van der Waals surface area (Å²) in [5.74, 6) is 0.858. The van der Waals surface area contributed by atoms with E-state index in [1.165, 1.54) is 0 Å². The summed E-state index contributed by atoms with van der Waals surface area (Å²) in [5, 5.41) is 0. The van der Waals surface area contributed by atoms with E-state index in [-0.39, 0.29) is 17.7 Å². The van der Waals surface area contributed by atoms with Crippen LogP contribution in [0.25, 0.3) is 0 Å². The van der Waals surface area contributed by atoms with Crippen LogP contribution in [-0.4, -0.2) is 60.5 Å². The highest BCUT2D eigenvalue weighted by Gasteiger charge is 2.32. The van der Waals surface area contributed by atoms with E-state index in [0.29, 0.717) is 18.6 Å². The zero-order valence-corrected chi connectivity index (χ0v) is 14.2. The topological polar surface area (TPSA) is 49.9 Å². The molecule has 0 aromatic carbocycles. The Balaban J connectivity index is 1.78. The lowest BCUT2D eigenvalue weighted by atomic mass is 9.95. The number of piperidine rings is 2. The van der Waals surface area contributed by atoms with Gasteiger partial charge in [-0.2, -0.15) is 0 Å². The Morgan fingerprint density at radius 1 is 1.09 bits per heavy atom. The smallest absolute Gasteiger partial charge is 0.227 e. The maximum absolute atomic E-state index is 12.6. The number of rotatable bonds is 4. The molecule has 0 radical (unpaired) electrons. The zero-order valence-electron chi connectivity index (χ0n) is 14.2. The van der Waals surface area contributed by atoms with Crippen LogP contribution in [0.4, 0.5) is 0 Å². The molecule has 1 atom stereocenters. The molecule has 2 aliphatic heterocycles. The number of ether oxygens (including phenoxy) is 1. The number of carbonyl (C=O) groups excluding carboxylic acids is 2. The van der Waals surface area contributed by atoms with E-state index in [2.05, 4.69) is 13.8 Å². The molecule has 5 nitrogen and oxygen atoms in total. The van der Waals surface area contributed by atoms with E-state index >= 15 is 0 Å². The molecular weight excluding hydrogens is 280 g/mol. The first kappa shape index (κ1) is 17.3. The van der Waals surface area contributed by atoms with Gasteiger partial charge in [0.2, 0.25) is 11.8 Å². The van der Waals surface area contributed by atoms with Gasteiger partial charge in [0.1, 0.15) is 0 Å². The van der Waals surface area contributed by atoms with Crippen molar-refractivity contribution in [2.75, 3.05) is 32.8 Å². The van der Waals surface area contributed by atoms with Crippen molar-refractivity contribution in [1.82, 2.24) is 9.80 Å². The number of carbonyl (C=O) groups is 2. The normalized spacial score (nSPS) is 23.9. The van der Waals surface area contributed by atoms with E-state index in [9.17, 15) is 9.59 Å². The summed E-state index contributed by atoms with van der Waals surface area (Å²) >= 11 is 0. The summed E-state index contributed by atoms with van der Waals surface area (Å²) in [6.07, 6.45) is 4.01. The minimum atomic E-state index is -0.00853. The summed E-state index contributed by atoms with van der Waals surface area (Å²) in [4.78, 5) is 27.9. The molecule has 0 saturated carbocycles. The maximum atomic E-state index is 12.6. The number of amides is 2. The van der Waals surface area contributed by atoms with Crippen molar-refractivity contribution in [3.8, 4) is 0 Å². The van der Waals surface area contributed by atoms with Gasteiger partial charge in [-0.1, -0.05) is 13.8 Å². The molecule has 0 aliphatic carbocycles. The Hall–Kier alpha value is -1.10. The first-order chi connectivity index (χ1) is 10.5. The highest BCUT2D eigenvalue weighted by Crippen LogP contribution is 2.22. The summed E-state index contributed by atoms with van der Waals surface area (Å²) in [5.41, 5.74) is 0. The molecule has 2 aliphatic rings. The molecule has 5 heteroatoms. The molecule has 22 heavy (non-hydrogen) atoms. The molecule has 1 unspecified atom stereocenters. The van der Waals surface area contributed by atoms with Crippen molar-refractivity contribution in [2.24, 2.45) is 11.8 Å². The van der Waals surface area contributed by atoms with Crippen LogP contribution >= 0.6 is 0 Å². The Morgan fingerprint density at radius 3 is 2.36 bits per heavy atom. The fourth-order valence-electron chi connectivity index (χ4n) is 3.29. The first-order valence-corrected chi connectivity index (χ1v) is 8.63. The van der Waals surface area contributed by atoms with Crippen molar-refractivity contribution in [3.05, 3.63) is 0 Å². The van der Waals surface area contributed by atoms with Gasteiger partial charge in [-0.15, -0.1) is 0 Å². The number of likely N-dealkylation sites (tertiary alicyclic amines) is 2. The fourth-order valence-corrected chi connectivity index (χ4v) is 3.29. The SMILES string of the molecule is CC(=O)N1CCCC(C(=O)N2CCC(OCC(C)C)CC2)C1. The molecule has 0 N–H and O–H groups in total.